The fourth-order valence-electron chi connectivity index (χ4n) is 5.01. The Hall–Kier alpha value is -4.09. The van der Waals surface area contributed by atoms with Gasteiger partial charge in [0.2, 0.25) is 0 Å². The number of ether oxygens (including phenoxy) is 2. The van der Waals surface area contributed by atoms with Crippen LogP contribution >= 0.6 is 0 Å². The minimum absolute atomic E-state index is 0.114. The largest absolute Gasteiger partial charge is 0.573 e. The van der Waals surface area contributed by atoms with Gasteiger partial charge in [0.05, 0.1) is 30.3 Å². The van der Waals surface area contributed by atoms with Crippen molar-refractivity contribution < 1.29 is 27.4 Å². The number of piperidine rings is 1. The number of pyridine rings is 1. The van der Waals surface area contributed by atoms with Gasteiger partial charge in [0, 0.05) is 18.2 Å². The number of rotatable bonds is 2. The Balaban J connectivity index is 1.38. The van der Waals surface area contributed by atoms with Crippen LogP contribution in [0.1, 0.15) is 35.4 Å². The lowest BCUT2D eigenvalue weighted by atomic mass is 9.88. The summed E-state index contributed by atoms with van der Waals surface area (Å²) in [6, 6.07) is 5.16. The van der Waals surface area contributed by atoms with Gasteiger partial charge in [-0.2, -0.15) is 0 Å². The molecule has 5 heterocycles. The van der Waals surface area contributed by atoms with Crippen LogP contribution in [-0.4, -0.2) is 49.2 Å². The zero-order chi connectivity index (χ0) is 24.5. The van der Waals surface area contributed by atoms with Crippen molar-refractivity contribution in [1.29, 1.82) is 0 Å². The van der Waals surface area contributed by atoms with E-state index in [2.05, 4.69) is 19.7 Å². The highest BCUT2D eigenvalue weighted by Crippen LogP contribution is 2.47. The number of likely N-dealkylation sites (tertiary alicyclic amines) is 1. The molecule has 2 N–H and O–H groups in total. The van der Waals surface area contributed by atoms with Crippen LogP contribution in [0.25, 0.3) is 16.6 Å². The van der Waals surface area contributed by atoms with Crippen LogP contribution in [-0.2, 0) is 0 Å². The van der Waals surface area contributed by atoms with Crippen molar-refractivity contribution in [3.8, 4) is 11.5 Å². The maximum Gasteiger partial charge on any atom is 0.573 e. The molecule has 2 aliphatic heterocycles. The first-order chi connectivity index (χ1) is 16.7. The summed E-state index contributed by atoms with van der Waals surface area (Å²) < 4.78 is 49.8. The molecule has 1 aromatic carbocycles. The average Bonchev–Trinajstić information content (AvgIpc) is 3.42. The van der Waals surface area contributed by atoms with Gasteiger partial charge >= 0.3 is 6.36 Å². The van der Waals surface area contributed by atoms with Gasteiger partial charge in [-0.1, -0.05) is 6.92 Å². The quantitative estimate of drug-likeness (QED) is 0.462. The van der Waals surface area contributed by atoms with E-state index < -0.39 is 12.4 Å². The minimum Gasteiger partial charge on any atom is -0.487 e. The number of nitrogens with zero attached hydrogens (tertiary/aromatic N) is 5. The molecule has 0 aliphatic carbocycles. The number of anilines is 1. The fraction of sp³-hybridized carbons (Fsp3) is 0.304. The summed E-state index contributed by atoms with van der Waals surface area (Å²) in [5.74, 6) is 0.0125. The van der Waals surface area contributed by atoms with Crippen molar-refractivity contribution in [2.75, 3.05) is 12.3 Å². The molecular formula is C23H19F3N6O3. The fourth-order valence-corrected chi connectivity index (χ4v) is 5.01. The Morgan fingerprint density at radius 3 is 2.86 bits per heavy atom. The highest BCUT2D eigenvalue weighted by molar-refractivity contribution is 5.96. The lowest BCUT2D eigenvalue weighted by molar-refractivity contribution is -0.274. The summed E-state index contributed by atoms with van der Waals surface area (Å²) in [6.07, 6.45) is 0.125. The third kappa shape index (κ3) is 3.56. The lowest BCUT2D eigenvalue weighted by Crippen LogP contribution is -2.47. The molecule has 1 fully saturated rings. The van der Waals surface area contributed by atoms with E-state index >= 15 is 0 Å². The number of aromatic nitrogens is 4. The maximum atomic E-state index is 13.7. The monoisotopic (exact) mass is 484 g/mol. The van der Waals surface area contributed by atoms with E-state index in [1.54, 1.807) is 27.9 Å². The number of hydrogen-bond donors (Lipinski definition) is 1. The molecule has 12 heteroatoms. The SMILES string of the molecule is C[C@@H]1C[C@@H]2Oc3cc(OC(F)(F)F)ccc3[C@@H]2N(C(=O)c2cc3c(cn2)nc(N)c2cncn23)C1. The number of fused-ring (bicyclic) bond motifs is 6. The van der Waals surface area contributed by atoms with Gasteiger partial charge < -0.3 is 20.1 Å². The number of nitrogens with two attached hydrogens (primary N) is 1. The summed E-state index contributed by atoms with van der Waals surface area (Å²) in [4.78, 5) is 28.2. The molecule has 9 nitrogen and oxygen atoms in total. The van der Waals surface area contributed by atoms with Crippen molar-refractivity contribution in [1.82, 2.24) is 24.3 Å². The molecule has 0 spiro atoms. The summed E-state index contributed by atoms with van der Waals surface area (Å²) in [5.41, 5.74) is 8.58. The van der Waals surface area contributed by atoms with Gasteiger partial charge in [0.25, 0.3) is 5.91 Å². The number of imidazole rings is 1. The minimum atomic E-state index is -4.81. The number of benzene rings is 1. The normalized spacial score (nSPS) is 21.6. The van der Waals surface area contributed by atoms with Crippen molar-refractivity contribution in [2.24, 2.45) is 5.92 Å². The first kappa shape index (κ1) is 21.4. The summed E-state index contributed by atoms with van der Waals surface area (Å²) in [5, 5.41) is 0. The predicted octanol–water partition coefficient (Wildman–Crippen LogP) is 3.74. The van der Waals surface area contributed by atoms with Crippen molar-refractivity contribution >= 4 is 28.3 Å². The van der Waals surface area contributed by atoms with Crippen LogP contribution in [0.4, 0.5) is 19.0 Å². The average molecular weight is 484 g/mol. The Kier molecular flexibility index (Phi) is 4.57. The number of halogens is 3. The summed E-state index contributed by atoms with van der Waals surface area (Å²) >= 11 is 0. The van der Waals surface area contributed by atoms with Crippen LogP contribution in [0.2, 0.25) is 0 Å². The number of amides is 1. The van der Waals surface area contributed by atoms with Crippen LogP contribution in [0.15, 0.2) is 43.0 Å². The number of carbonyl (C=O) groups excluding carboxylic acids is 1. The van der Waals surface area contributed by atoms with Crippen LogP contribution in [0, 0.1) is 5.92 Å². The predicted molar refractivity (Wildman–Crippen MR) is 118 cm³/mol. The molecule has 35 heavy (non-hydrogen) atoms. The second kappa shape index (κ2) is 7.45. The molecule has 3 atom stereocenters. The Morgan fingerprint density at radius 1 is 1.23 bits per heavy atom. The van der Waals surface area contributed by atoms with Gasteiger partial charge in [0.15, 0.2) is 0 Å². The van der Waals surface area contributed by atoms with E-state index in [0.717, 1.165) is 0 Å². The summed E-state index contributed by atoms with van der Waals surface area (Å²) in [7, 11) is 0. The molecule has 6 rings (SSSR count). The Morgan fingerprint density at radius 2 is 2.06 bits per heavy atom. The molecule has 0 unspecified atom stereocenters. The van der Waals surface area contributed by atoms with E-state index in [1.165, 1.54) is 24.4 Å². The molecule has 0 bridgehead atoms. The molecular weight excluding hydrogens is 465 g/mol. The van der Waals surface area contributed by atoms with Crippen LogP contribution < -0.4 is 15.2 Å². The topological polar surface area (TPSA) is 108 Å². The number of hydrogen-bond acceptors (Lipinski definition) is 7. The molecule has 0 radical (unpaired) electrons. The van der Waals surface area contributed by atoms with Crippen molar-refractivity contribution in [3.05, 3.63) is 54.2 Å². The molecule has 4 aromatic rings. The standard InChI is InChI=1S/C23H19F3N6O3/c1-11-4-19-20(13-3-2-12(5-18(13)34-19)35-23(24,25)26)31(9-11)22(33)14-6-16-15(7-29-14)30-21(27)17-8-28-10-32(16)17/h2-3,5-8,10-11,19-20H,4,9H2,1H3,(H2,27,30)/t11-,19+,20+/m1/s1. The Labute approximate surface area is 196 Å². The third-order valence-electron chi connectivity index (χ3n) is 6.39. The molecule has 0 saturated carbocycles. The number of alkyl halides is 3. The maximum absolute atomic E-state index is 13.7. The number of carbonyl (C=O) groups is 1. The van der Waals surface area contributed by atoms with E-state index in [1.807, 2.05) is 6.92 Å². The third-order valence-corrected chi connectivity index (χ3v) is 6.39. The van der Waals surface area contributed by atoms with E-state index in [4.69, 9.17) is 10.5 Å². The summed E-state index contributed by atoms with van der Waals surface area (Å²) in [6.45, 7) is 2.44. The zero-order valence-electron chi connectivity index (χ0n) is 18.4. The van der Waals surface area contributed by atoms with Crippen molar-refractivity contribution in [3.63, 3.8) is 0 Å². The lowest BCUT2D eigenvalue weighted by Gasteiger charge is -2.39. The smallest absolute Gasteiger partial charge is 0.487 e. The molecule has 1 amide bonds. The van der Waals surface area contributed by atoms with Gasteiger partial charge in [-0.05, 0) is 30.5 Å². The van der Waals surface area contributed by atoms with Gasteiger partial charge in [-0.15, -0.1) is 13.2 Å². The van der Waals surface area contributed by atoms with E-state index in [0.29, 0.717) is 40.9 Å². The highest BCUT2D eigenvalue weighted by Gasteiger charge is 2.46. The first-order valence-electron chi connectivity index (χ1n) is 10.9. The molecule has 3 aromatic heterocycles. The molecule has 2 aliphatic rings. The molecule has 1 saturated heterocycles. The first-order valence-corrected chi connectivity index (χ1v) is 10.9. The Bertz CT molecular complexity index is 1490. The van der Waals surface area contributed by atoms with Crippen LogP contribution in [0.3, 0.4) is 0 Å². The van der Waals surface area contributed by atoms with Gasteiger partial charge in [0.1, 0.15) is 40.1 Å². The van der Waals surface area contributed by atoms with Gasteiger partial charge in [-0.25, -0.2) is 15.0 Å². The van der Waals surface area contributed by atoms with Gasteiger partial charge in [-0.3, -0.25) is 9.20 Å². The second-order valence-corrected chi connectivity index (χ2v) is 8.85. The van der Waals surface area contributed by atoms with E-state index in [-0.39, 0.29) is 35.1 Å². The highest BCUT2D eigenvalue weighted by atomic mass is 19.4. The second-order valence-electron chi connectivity index (χ2n) is 8.85. The zero-order valence-corrected chi connectivity index (χ0v) is 18.4. The molecule has 180 valence electrons. The van der Waals surface area contributed by atoms with Crippen LogP contribution in [0.5, 0.6) is 11.5 Å². The van der Waals surface area contributed by atoms with Crippen molar-refractivity contribution in [2.45, 2.75) is 31.9 Å². The number of nitrogen functional groups attached to an aromatic ring is 1. The van der Waals surface area contributed by atoms with E-state index in [9.17, 15) is 18.0 Å².